The van der Waals surface area contributed by atoms with E-state index in [4.69, 9.17) is 9.47 Å². The Morgan fingerprint density at radius 2 is 2.12 bits per heavy atom. The molecule has 3 aromatic rings. The largest absolute Gasteiger partial charge is 0.496 e. The second kappa shape index (κ2) is 10.5. The quantitative estimate of drug-likeness (QED) is 0.486. The van der Waals surface area contributed by atoms with Crippen molar-refractivity contribution in [3.05, 3.63) is 72.8 Å². The molecule has 32 heavy (non-hydrogen) atoms. The van der Waals surface area contributed by atoms with Crippen LogP contribution in [-0.4, -0.2) is 41.3 Å². The molecule has 0 aliphatic carbocycles. The molecule has 1 saturated heterocycles. The number of hydrogen-bond acceptors (Lipinski definition) is 4. The molecule has 0 radical (unpaired) electrons. The molecular weight excluding hydrogens is 402 g/mol. The first-order valence-corrected chi connectivity index (χ1v) is 11.3. The number of benzene rings is 2. The van der Waals surface area contributed by atoms with Crippen LogP contribution in [0.1, 0.15) is 31.2 Å². The van der Waals surface area contributed by atoms with Crippen LogP contribution in [-0.2, 0) is 22.5 Å². The fraction of sp³-hybridized carbons (Fsp3) is 0.385. The third-order valence-electron chi connectivity index (χ3n) is 6.04. The van der Waals surface area contributed by atoms with Gasteiger partial charge >= 0.3 is 0 Å². The third kappa shape index (κ3) is 5.19. The number of ether oxygens (including phenoxy) is 2. The summed E-state index contributed by atoms with van der Waals surface area (Å²) in [7, 11) is 1.68. The van der Waals surface area contributed by atoms with Crippen LogP contribution >= 0.6 is 0 Å². The number of carbonyl (C=O) groups is 1. The van der Waals surface area contributed by atoms with Crippen molar-refractivity contribution in [3.8, 4) is 16.9 Å². The van der Waals surface area contributed by atoms with E-state index in [-0.39, 0.29) is 5.91 Å². The molecule has 4 rings (SSSR count). The number of aryl methyl sites for hydroxylation is 1. The SMILES string of the molecule is COc1ccccc1-c1cccc(C[C@]2(C(=O)NCCCCn3ccnc3)CCCO2)c1. The minimum Gasteiger partial charge on any atom is -0.496 e. The van der Waals surface area contributed by atoms with Crippen LogP contribution in [0.25, 0.3) is 11.1 Å². The molecule has 1 amide bonds. The molecule has 0 saturated carbocycles. The highest BCUT2D eigenvalue weighted by Crippen LogP contribution is 2.33. The fourth-order valence-corrected chi connectivity index (χ4v) is 4.36. The summed E-state index contributed by atoms with van der Waals surface area (Å²) < 4.78 is 13.6. The van der Waals surface area contributed by atoms with Crippen LogP contribution < -0.4 is 10.1 Å². The maximum absolute atomic E-state index is 13.1. The zero-order valence-corrected chi connectivity index (χ0v) is 18.6. The van der Waals surface area contributed by atoms with Gasteiger partial charge in [-0.25, -0.2) is 4.98 Å². The summed E-state index contributed by atoms with van der Waals surface area (Å²) in [6, 6.07) is 16.3. The highest BCUT2D eigenvalue weighted by Gasteiger charge is 2.42. The van der Waals surface area contributed by atoms with Gasteiger partial charge in [0.2, 0.25) is 0 Å². The van der Waals surface area contributed by atoms with E-state index in [0.717, 1.165) is 54.7 Å². The number of imidazole rings is 1. The van der Waals surface area contributed by atoms with Crippen LogP contribution in [0, 0.1) is 0 Å². The summed E-state index contributed by atoms with van der Waals surface area (Å²) in [5.41, 5.74) is 2.42. The Bertz CT molecular complexity index is 1010. The average Bonchev–Trinajstić information content (AvgIpc) is 3.52. The van der Waals surface area contributed by atoms with Crippen molar-refractivity contribution < 1.29 is 14.3 Å². The van der Waals surface area contributed by atoms with Gasteiger partial charge in [-0.2, -0.15) is 0 Å². The molecule has 0 unspecified atom stereocenters. The number of methoxy groups -OCH3 is 1. The lowest BCUT2D eigenvalue weighted by Gasteiger charge is -2.27. The monoisotopic (exact) mass is 433 g/mol. The highest BCUT2D eigenvalue weighted by atomic mass is 16.5. The standard InChI is InChI=1S/C26H31N3O3/c1-31-24-11-3-2-10-23(24)22-9-6-8-21(18-22)19-26(12-7-17-32-26)25(30)28-13-4-5-15-29-16-14-27-20-29/h2-3,6,8-11,14,16,18,20H,4-5,7,12-13,15,17,19H2,1H3,(H,28,30)/t26-/m0/s1. The maximum Gasteiger partial charge on any atom is 0.252 e. The van der Waals surface area contributed by atoms with E-state index in [1.54, 1.807) is 13.3 Å². The van der Waals surface area contributed by atoms with Crippen LogP contribution in [0.5, 0.6) is 5.75 Å². The second-order valence-corrected chi connectivity index (χ2v) is 8.29. The first-order chi connectivity index (χ1) is 15.7. The molecule has 2 heterocycles. The predicted molar refractivity (Wildman–Crippen MR) is 125 cm³/mol. The summed E-state index contributed by atoms with van der Waals surface area (Å²) >= 11 is 0. The fourth-order valence-electron chi connectivity index (χ4n) is 4.36. The van der Waals surface area contributed by atoms with Gasteiger partial charge in [0, 0.05) is 44.1 Å². The summed E-state index contributed by atoms with van der Waals surface area (Å²) in [5.74, 6) is 0.838. The summed E-state index contributed by atoms with van der Waals surface area (Å²) in [6.45, 7) is 2.19. The Hall–Kier alpha value is -3.12. The summed E-state index contributed by atoms with van der Waals surface area (Å²) in [6.07, 6.45) is 9.68. The lowest BCUT2D eigenvalue weighted by molar-refractivity contribution is -0.141. The van der Waals surface area contributed by atoms with Crippen molar-refractivity contribution in [2.45, 2.75) is 44.2 Å². The second-order valence-electron chi connectivity index (χ2n) is 8.29. The predicted octanol–water partition coefficient (Wildman–Crippen LogP) is 4.25. The van der Waals surface area contributed by atoms with Gasteiger partial charge in [-0.05, 0) is 42.9 Å². The molecule has 1 fully saturated rings. The number of carbonyl (C=O) groups excluding carboxylic acids is 1. The molecule has 1 aliphatic heterocycles. The van der Waals surface area contributed by atoms with E-state index in [1.807, 2.05) is 36.8 Å². The van der Waals surface area contributed by atoms with E-state index in [1.165, 1.54) is 0 Å². The van der Waals surface area contributed by atoms with Crippen LogP contribution in [0.3, 0.4) is 0 Å². The molecule has 0 bridgehead atoms. The van der Waals surface area contributed by atoms with Crippen LogP contribution in [0.2, 0.25) is 0 Å². The van der Waals surface area contributed by atoms with Crippen molar-refractivity contribution in [1.82, 2.24) is 14.9 Å². The van der Waals surface area contributed by atoms with E-state index < -0.39 is 5.60 Å². The molecule has 1 N–H and O–H groups in total. The first kappa shape index (κ1) is 22.1. The first-order valence-electron chi connectivity index (χ1n) is 11.3. The Morgan fingerprint density at radius 3 is 2.91 bits per heavy atom. The van der Waals surface area contributed by atoms with Crippen molar-refractivity contribution >= 4 is 5.91 Å². The Balaban J connectivity index is 1.39. The Labute approximate surface area is 189 Å². The number of nitrogens with zero attached hydrogens (tertiary/aromatic N) is 2. The lowest BCUT2D eigenvalue weighted by atomic mass is 9.89. The molecule has 0 spiro atoms. The van der Waals surface area contributed by atoms with E-state index in [0.29, 0.717) is 19.6 Å². The maximum atomic E-state index is 13.1. The van der Waals surface area contributed by atoms with E-state index in [2.05, 4.69) is 39.1 Å². The molecule has 168 valence electrons. The molecule has 1 atom stereocenters. The lowest BCUT2D eigenvalue weighted by Crippen LogP contribution is -2.48. The van der Waals surface area contributed by atoms with Gasteiger partial charge in [0.25, 0.3) is 5.91 Å². The van der Waals surface area contributed by atoms with Gasteiger partial charge < -0.3 is 19.4 Å². The van der Waals surface area contributed by atoms with Crippen molar-refractivity contribution in [2.24, 2.45) is 0 Å². The molecule has 1 aromatic heterocycles. The zero-order chi connectivity index (χ0) is 22.2. The molecule has 1 aliphatic rings. The normalized spacial score (nSPS) is 17.9. The Kier molecular flexibility index (Phi) is 7.22. The van der Waals surface area contributed by atoms with Crippen molar-refractivity contribution in [1.29, 1.82) is 0 Å². The number of aromatic nitrogens is 2. The number of para-hydroxylation sites is 1. The summed E-state index contributed by atoms with van der Waals surface area (Å²) in [4.78, 5) is 17.2. The number of rotatable bonds is 10. The Morgan fingerprint density at radius 1 is 1.22 bits per heavy atom. The topological polar surface area (TPSA) is 65.4 Å². The van der Waals surface area contributed by atoms with Gasteiger partial charge in [-0.15, -0.1) is 0 Å². The van der Waals surface area contributed by atoms with E-state index in [9.17, 15) is 4.79 Å². The molecule has 2 aromatic carbocycles. The summed E-state index contributed by atoms with van der Waals surface area (Å²) in [5, 5.41) is 3.12. The van der Waals surface area contributed by atoms with Gasteiger partial charge in [-0.1, -0.05) is 42.5 Å². The molecule has 6 heteroatoms. The van der Waals surface area contributed by atoms with Crippen molar-refractivity contribution in [2.75, 3.05) is 20.3 Å². The number of unbranched alkanes of at least 4 members (excludes halogenated alkanes) is 1. The number of hydrogen-bond donors (Lipinski definition) is 1. The van der Waals surface area contributed by atoms with E-state index >= 15 is 0 Å². The van der Waals surface area contributed by atoms with Gasteiger partial charge in [-0.3, -0.25) is 4.79 Å². The van der Waals surface area contributed by atoms with Crippen LogP contribution in [0.4, 0.5) is 0 Å². The highest BCUT2D eigenvalue weighted by molar-refractivity contribution is 5.86. The average molecular weight is 434 g/mol. The minimum atomic E-state index is -0.788. The third-order valence-corrected chi connectivity index (χ3v) is 6.04. The number of amides is 1. The number of nitrogens with one attached hydrogen (secondary N) is 1. The molecule has 6 nitrogen and oxygen atoms in total. The molecular formula is C26H31N3O3. The smallest absolute Gasteiger partial charge is 0.252 e. The zero-order valence-electron chi connectivity index (χ0n) is 18.6. The van der Waals surface area contributed by atoms with Crippen molar-refractivity contribution in [3.63, 3.8) is 0 Å². The van der Waals surface area contributed by atoms with Gasteiger partial charge in [0.1, 0.15) is 5.75 Å². The van der Waals surface area contributed by atoms with Gasteiger partial charge in [0.05, 0.1) is 13.4 Å². The minimum absolute atomic E-state index is 0.000301. The van der Waals surface area contributed by atoms with Gasteiger partial charge in [0.15, 0.2) is 5.60 Å². The van der Waals surface area contributed by atoms with Crippen LogP contribution in [0.15, 0.2) is 67.3 Å².